The second-order valence-corrected chi connectivity index (χ2v) is 10.7. The largest absolute Gasteiger partial charge is 0.487 e. The molecule has 1 saturated heterocycles. The van der Waals surface area contributed by atoms with Crippen molar-refractivity contribution < 1.29 is 23.1 Å². The van der Waals surface area contributed by atoms with Crippen molar-refractivity contribution in [2.75, 3.05) is 6.61 Å². The van der Waals surface area contributed by atoms with E-state index in [1.165, 1.54) is 6.07 Å². The van der Waals surface area contributed by atoms with Gasteiger partial charge in [0.25, 0.3) is 11.1 Å². The fourth-order valence-electron chi connectivity index (χ4n) is 4.67. The summed E-state index contributed by atoms with van der Waals surface area (Å²) >= 11 is 7.39. The molecule has 1 aliphatic heterocycles. The summed E-state index contributed by atoms with van der Waals surface area (Å²) < 4.78 is 35.5. The minimum Gasteiger partial charge on any atom is -0.487 e. The highest BCUT2D eigenvalue weighted by Crippen LogP contribution is 2.34. The van der Waals surface area contributed by atoms with Crippen LogP contribution in [0.4, 0.5) is 13.6 Å². The molecule has 5 rings (SSSR count). The Morgan fingerprint density at radius 2 is 1.80 bits per heavy atom. The van der Waals surface area contributed by atoms with Crippen LogP contribution >= 0.6 is 23.4 Å². The van der Waals surface area contributed by atoms with Crippen molar-refractivity contribution >= 4 is 51.0 Å². The molecule has 0 aliphatic carbocycles. The van der Waals surface area contributed by atoms with E-state index >= 15 is 0 Å². The van der Waals surface area contributed by atoms with E-state index in [1.54, 1.807) is 48.9 Å². The van der Waals surface area contributed by atoms with E-state index in [0.717, 1.165) is 35.0 Å². The van der Waals surface area contributed by atoms with Gasteiger partial charge in [0, 0.05) is 23.0 Å². The van der Waals surface area contributed by atoms with Crippen molar-refractivity contribution in [2.24, 2.45) is 7.05 Å². The molecule has 3 aromatic carbocycles. The Kier molecular flexibility index (Phi) is 7.78. The zero-order valence-corrected chi connectivity index (χ0v) is 23.1. The fourth-order valence-corrected chi connectivity index (χ4v) is 5.69. The number of carbonyl (C=O) groups excluding carboxylic acids is 2. The molecule has 0 bridgehead atoms. The molecular formula is C30H23ClF2N2O4S. The molecule has 1 N–H and O–H groups in total. The van der Waals surface area contributed by atoms with Crippen LogP contribution in [0.15, 0.2) is 70.4 Å². The number of hydrogen-bond acceptors (Lipinski definition) is 5. The van der Waals surface area contributed by atoms with Gasteiger partial charge in [0.15, 0.2) is 17.4 Å². The van der Waals surface area contributed by atoms with Gasteiger partial charge in [-0.2, -0.15) is 0 Å². The second kappa shape index (κ2) is 11.3. The van der Waals surface area contributed by atoms with Gasteiger partial charge in [-0.1, -0.05) is 35.9 Å². The molecule has 2 amide bonds. The van der Waals surface area contributed by atoms with Crippen molar-refractivity contribution in [1.29, 1.82) is 0 Å². The summed E-state index contributed by atoms with van der Waals surface area (Å²) in [6, 6.07) is 15.9. The first-order valence-corrected chi connectivity index (χ1v) is 13.6. The molecule has 2 heterocycles. The Morgan fingerprint density at radius 3 is 2.50 bits per heavy atom. The Balaban J connectivity index is 1.37. The molecular weight excluding hydrogens is 558 g/mol. The molecule has 0 spiro atoms. The van der Waals surface area contributed by atoms with Gasteiger partial charge in [0.1, 0.15) is 0 Å². The van der Waals surface area contributed by atoms with E-state index in [9.17, 15) is 23.2 Å². The molecule has 1 aliphatic rings. The lowest BCUT2D eigenvalue weighted by Crippen LogP contribution is -2.18. The van der Waals surface area contributed by atoms with E-state index in [1.807, 2.05) is 12.1 Å². The van der Waals surface area contributed by atoms with E-state index in [-0.39, 0.29) is 17.8 Å². The van der Waals surface area contributed by atoms with Crippen LogP contribution in [0, 0.1) is 11.6 Å². The number of ether oxygens (including phenoxy) is 1. The third kappa shape index (κ3) is 5.26. The zero-order chi connectivity index (χ0) is 28.6. The number of rotatable bonds is 7. The minimum absolute atomic E-state index is 0.0535. The van der Waals surface area contributed by atoms with Crippen molar-refractivity contribution in [1.82, 2.24) is 9.88 Å². The maximum atomic E-state index is 14.1. The van der Waals surface area contributed by atoms with Crippen LogP contribution in [0.2, 0.25) is 5.02 Å². The monoisotopic (exact) mass is 580 g/mol. The van der Waals surface area contributed by atoms with Crippen LogP contribution in [0.25, 0.3) is 27.7 Å². The van der Waals surface area contributed by atoms with Gasteiger partial charge < -0.3 is 9.30 Å². The number of imide groups is 1. The number of nitrogens with one attached hydrogen (secondary N) is 1. The van der Waals surface area contributed by atoms with Gasteiger partial charge in [0.05, 0.1) is 22.7 Å². The Labute approximate surface area is 237 Å². The highest BCUT2D eigenvalue weighted by Gasteiger charge is 2.27. The quantitative estimate of drug-likeness (QED) is 0.191. The maximum Gasteiger partial charge on any atom is 0.290 e. The third-order valence-electron chi connectivity index (χ3n) is 6.74. The lowest BCUT2D eigenvalue weighted by atomic mass is 10.0. The van der Waals surface area contributed by atoms with Crippen LogP contribution in [-0.2, 0) is 18.3 Å². The lowest BCUT2D eigenvalue weighted by molar-refractivity contribution is -0.115. The smallest absolute Gasteiger partial charge is 0.290 e. The molecule has 1 fully saturated rings. The van der Waals surface area contributed by atoms with Crippen molar-refractivity contribution in [3.05, 3.63) is 104 Å². The van der Waals surface area contributed by atoms with Gasteiger partial charge in [-0.15, -0.1) is 0 Å². The number of halogens is 3. The number of benzene rings is 3. The zero-order valence-electron chi connectivity index (χ0n) is 21.5. The predicted molar refractivity (Wildman–Crippen MR) is 154 cm³/mol. The first kappa shape index (κ1) is 27.6. The summed E-state index contributed by atoms with van der Waals surface area (Å²) in [6.07, 6.45) is 1.05. The van der Waals surface area contributed by atoms with Crippen LogP contribution in [0.1, 0.15) is 24.5 Å². The normalized spacial score (nSPS) is 14.5. The Hall–Kier alpha value is -3.95. The summed E-state index contributed by atoms with van der Waals surface area (Å²) in [5, 5.41) is 2.79. The molecule has 40 heavy (non-hydrogen) atoms. The van der Waals surface area contributed by atoms with Crippen molar-refractivity contribution in [3.8, 4) is 17.0 Å². The molecule has 0 atom stereocenters. The number of amides is 2. The summed E-state index contributed by atoms with van der Waals surface area (Å²) in [7, 11) is 1.74. The predicted octanol–water partition coefficient (Wildman–Crippen LogP) is 6.86. The highest BCUT2D eigenvalue weighted by molar-refractivity contribution is 8.18. The van der Waals surface area contributed by atoms with Gasteiger partial charge >= 0.3 is 0 Å². The van der Waals surface area contributed by atoms with Crippen LogP contribution in [0.5, 0.6) is 5.75 Å². The van der Waals surface area contributed by atoms with E-state index in [4.69, 9.17) is 16.3 Å². The fraction of sp³-hybridized carbons (Fsp3) is 0.167. The Bertz CT molecular complexity index is 1780. The molecule has 4 aromatic rings. The summed E-state index contributed by atoms with van der Waals surface area (Å²) in [4.78, 5) is 37.3. The lowest BCUT2D eigenvalue weighted by Gasteiger charge is -2.18. The van der Waals surface area contributed by atoms with Crippen LogP contribution < -0.4 is 15.5 Å². The van der Waals surface area contributed by atoms with E-state index in [2.05, 4.69) is 5.32 Å². The van der Waals surface area contributed by atoms with Gasteiger partial charge in [0.2, 0.25) is 5.43 Å². The number of para-hydroxylation sites is 1. The molecule has 0 radical (unpaired) electrons. The average Bonchev–Trinajstić information content (AvgIpc) is 3.28. The first-order chi connectivity index (χ1) is 19.2. The highest BCUT2D eigenvalue weighted by atomic mass is 35.5. The molecule has 6 nitrogen and oxygen atoms in total. The number of thioether (sulfide) groups is 1. The van der Waals surface area contributed by atoms with E-state index in [0.29, 0.717) is 50.5 Å². The number of nitrogens with zero attached hydrogens (tertiary/aromatic N) is 1. The number of carbonyl (C=O) groups is 2. The van der Waals surface area contributed by atoms with Crippen LogP contribution in [0.3, 0.4) is 0 Å². The molecule has 1 aromatic heterocycles. The summed E-state index contributed by atoms with van der Waals surface area (Å²) in [6.45, 7) is 1.93. The molecule has 0 saturated carbocycles. The summed E-state index contributed by atoms with van der Waals surface area (Å²) in [5.74, 6) is -2.37. The van der Waals surface area contributed by atoms with Crippen molar-refractivity contribution in [3.63, 3.8) is 0 Å². The SMILES string of the molecule is CC(=C1SC(=O)NC1=O)c1ccc(CCCOc2c(-c3ccc(F)c(F)c3)n(C)c3ccccc3c2=O)c(Cl)c1. The molecule has 10 heteroatoms. The standard InChI is InChI=1S/C30H23ClF2N2O4S/c1-16(28-29(37)34-30(38)40-28)18-10-9-17(21(31)14-18)6-5-13-39-27-25(19-11-12-22(32)23(33)15-19)35(2)24-8-4-3-7-20(24)26(27)36/h3-4,7-12,14-15H,5-6,13H2,1-2H3,(H,34,37,38). The van der Waals surface area contributed by atoms with Gasteiger partial charge in [-0.25, -0.2) is 8.78 Å². The maximum absolute atomic E-state index is 14.1. The van der Waals surface area contributed by atoms with Crippen LogP contribution in [-0.4, -0.2) is 22.3 Å². The number of hydrogen-bond donors (Lipinski definition) is 1. The van der Waals surface area contributed by atoms with Crippen molar-refractivity contribution in [2.45, 2.75) is 19.8 Å². The molecule has 204 valence electrons. The Morgan fingerprint density at radius 1 is 1.02 bits per heavy atom. The van der Waals surface area contributed by atoms with E-state index < -0.39 is 22.8 Å². The van der Waals surface area contributed by atoms with Gasteiger partial charge in [-0.05, 0) is 84.6 Å². The number of aromatic nitrogens is 1. The summed E-state index contributed by atoms with van der Waals surface area (Å²) in [5.41, 5.74) is 3.19. The van der Waals surface area contributed by atoms with Gasteiger partial charge in [-0.3, -0.25) is 19.7 Å². The molecule has 0 unspecified atom stereocenters. The third-order valence-corrected chi connectivity index (χ3v) is 8.07. The first-order valence-electron chi connectivity index (χ1n) is 12.4. The number of allylic oxidation sites excluding steroid dienone is 1. The average molecular weight is 581 g/mol. The second-order valence-electron chi connectivity index (χ2n) is 9.27. The number of aryl methyl sites for hydroxylation is 2. The topological polar surface area (TPSA) is 77.4 Å². The number of pyridine rings is 1. The number of fused-ring (bicyclic) bond motifs is 1. The minimum atomic E-state index is -1.02.